The average Bonchev–Trinajstić information content (AvgIpc) is 2.74. The average molecular weight is 369 g/mol. The molecule has 0 bridgehead atoms. The van der Waals surface area contributed by atoms with E-state index >= 15 is 0 Å². The fourth-order valence-corrected chi connectivity index (χ4v) is 2.38. The van der Waals surface area contributed by atoms with Crippen molar-refractivity contribution < 1.29 is 9.90 Å². The summed E-state index contributed by atoms with van der Waals surface area (Å²) in [5.74, 6) is -0.220. The number of hydrogen-bond acceptors (Lipinski definition) is 5. The molecule has 0 aliphatic carbocycles. The Morgan fingerprint density at radius 1 is 1.50 bits per heavy atom. The van der Waals surface area contributed by atoms with E-state index in [1.165, 1.54) is 22.2 Å². The quantitative estimate of drug-likeness (QED) is 0.618. The highest BCUT2D eigenvalue weighted by Gasteiger charge is 2.16. The van der Waals surface area contributed by atoms with E-state index in [0.29, 0.717) is 29.3 Å². The second kappa shape index (κ2) is 11.7. The van der Waals surface area contributed by atoms with Crippen molar-refractivity contribution in [1.82, 2.24) is 15.1 Å². The predicted octanol–water partition coefficient (Wildman–Crippen LogP) is 2.67. The number of nitrogens with one attached hydrogen (secondary N) is 1. The van der Waals surface area contributed by atoms with Gasteiger partial charge < -0.3 is 10.0 Å². The highest BCUT2D eigenvalue weighted by molar-refractivity contribution is 8.15. The maximum Gasteiger partial charge on any atom is 0.278 e. The Kier molecular flexibility index (Phi) is 9.83. The third-order valence-electron chi connectivity index (χ3n) is 2.94. The molecule has 130 valence electrons. The molecule has 0 saturated carbocycles. The minimum atomic E-state index is -0.220. The van der Waals surface area contributed by atoms with Crippen molar-refractivity contribution in [3.05, 3.63) is 47.8 Å². The Hall–Kier alpha value is -1.83. The first-order valence-electron chi connectivity index (χ1n) is 7.26. The molecule has 2 N–H and O–H groups in total. The number of aromatic nitrogens is 2. The maximum absolute atomic E-state index is 12.4. The number of aromatic amines is 1. The fraction of sp³-hybridized carbons (Fsp3) is 0.312. The largest absolute Gasteiger partial charge is 0.396 e. The van der Waals surface area contributed by atoms with Crippen LogP contribution in [0.3, 0.4) is 0 Å². The first-order chi connectivity index (χ1) is 11.6. The summed E-state index contributed by atoms with van der Waals surface area (Å²) in [4.78, 5) is 18.3. The molecule has 0 aromatic carbocycles. The van der Waals surface area contributed by atoms with Crippen LogP contribution < -0.4 is 0 Å². The number of halogens is 1. The molecule has 0 radical (unpaired) electrons. The van der Waals surface area contributed by atoms with E-state index < -0.39 is 0 Å². The third kappa shape index (κ3) is 6.74. The molecule has 0 fully saturated rings. The maximum atomic E-state index is 12.4. The molecule has 0 atom stereocenters. The van der Waals surface area contributed by atoms with Crippen LogP contribution in [-0.2, 0) is 4.79 Å². The van der Waals surface area contributed by atoms with Crippen LogP contribution in [-0.4, -0.2) is 57.6 Å². The van der Waals surface area contributed by atoms with Crippen molar-refractivity contribution in [1.29, 1.82) is 0 Å². The fourth-order valence-electron chi connectivity index (χ4n) is 1.68. The van der Waals surface area contributed by atoms with Gasteiger partial charge in [0.1, 0.15) is 0 Å². The monoisotopic (exact) mass is 368 g/mol. The van der Waals surface area contributed by atoms with Crippen LogP contribution in [0.25, 0.3) is 5.70 Å². The van der Waals surface area contributed by atoms with Gasteiger partial charge in [-0.2, -0.15) is 5.10 Å². The Balaban J connectivity index is 3.13. The number of nitrogens with zero attached hydrogens (tertiary/aromatic N) is 3. The first kappa shape index (κ1) is 20.2. The lowest BCUT2D eigenvalue weighted by Crippen LogP contribution is -2.33. The Morgan fingerprint density at radius 3 is 2.96 bits per heavy atom. The van der Waals surface area contributed by atoms with Crippen molar-refractivity contribution in [2.45, 2.75) is 6.42 Å². The number of hydrogen-bond donors (Lipinski definition) is 2. The molecule has 1 amide bonds. The van der Waals surface area contributed by atoms with Gasteiger partial charge in [-0.3, -0.25) is 9.89 Å². The molecule has 6 nitrogen and oxygen atoms in total. The third-order valence-corrected chi connectivity index (χ3v) is 3.80. The minimum Gasteiger partial charge on any atom is -0.396 e. The summed E-state index contributed by atoms with van der Waals surface area (Å²) < 4.78 is 0. The summed E-state index contributed by atoms with van der Waals surface area (Å²) in [6.07, 6.45) is 5.56. The molecule has 0 aliphatic rings. The molecule has 1 aromatic heterocycles. The number of amides is 1. The van der Waals surface area contributed by atoms with Crippen LogP contribution in [0.5, 0.6) is 0 Å². The van der Waals surface area contributed by atoms with E-state index in [1.807, 2.05) is 12.1 Å². The smallest absolute Gasteiger partial charge is 0.278 e. The first-order valence-corrected chi connectivity index (χ1v) is 8.92. The number of aliphatic hydroxyl groups excluding tert-OH is 1. The lowest BCUT2D eigenvalue weighted by molar-refractivity contribution is -0.122. The molecule has 1 rings (SSSR count). The molecule has 8 heteroatoms. The molecule has 0 saturated heterocycles. The lowest BCUT2D eigenvalue weighted by atomic mass is 10.2. The highest BCUT2D eigenvalue weighted by atomic mass is 35.5. The summed E-state index contributed by atoms with van der Waals surface area (Å²) in [6.45, 7) is 0.490. The summed E-state index contributed by atoms with van der Waals surface area (Å²) in [5, 5.41) is 16.0. The molecule has 0 spiro atoms. The Labute approximate surface area is 151 Å². The van der Waals surface area contributed by atoms with Crippen LogP contribution in [0.2, 0.25) is 0 Å². The Morgan fingerprint density at radius 2 is 2.29 bits per heavy atom. The van der Waals surface area contributed by atoms with Crippen LogP contribution in [0, 0.1) is 0 Å². The lowest BCUT2D eigenvalue weighted by Gasteiger charge is -2.17. The zero-order valence-electron chi connectivity index (χ0n) is 13.6. The van der Waals surface area contributed by atoms with Gasteiger partial charge in [0.05, 0.1) is 11.9 Å². The molecule has 0 aliphatic heterocycles. The van der Waals surface area contributed by atoms with Gasteiger partial charge in [-0.25, -0.2) is 4.99 Å². The number of aliphatic imine (C=N–C) groups is 1. The SMILES string of the molecule is CSC(=N/C(=C/Cl)c1ccccc[nH]nc1)C(=O)N(C)CCCO. The van der Waals surface area contributed by atoms with E-state index in [0.717, 1.165) is 0 Å². The van der Waals surface area contributed by atoms with Gasteiger partial charge in [-0.15, -0.1) is 11.8 Å². The number of carbonyl (C=O) groups is 1. The van der Waals surface area contributed by atoms with E-state index in [2.05, 4.69) is 15.2 Å². The summed E-state index contributed by atoms with van der Waals surface area (Å²) in [6, 6.07) is 7.27. The van der Waals surface area contributed by atoms with Gasteiger partial charge in [0, 0.05) is 37.5 Å². The second-order valence-electron chi connectivity index (χ2n) is 4.67. The van der Waals surface area contributed by atoms with E-state index in [1.54, 1.807) is 37.8 Å². The molecule has 1 heterocycles. The van der Waals surface area contributed by atoms with E-state index in [4.69, 9.17) is 16.7 Å². The standard InChI is InChI=1S/C16H21ClN4O2S/c1-21(9-6-10-22)16(23)15(24-2)20-14(11-17)13-7-4-3-5-8-18-19-12-13/h3-5,7-8,11-12,18,22H,6,9-10H2,1-2H3/b4-3?,8-5?,13-7?,14-11+,19-12?,20-15?. The number of carbonyl (C=O) groups excluding carboxylic acids is 1. The predicted molar refractivity (Wildman–Crippen MR) is 100 cm³/mol. The van der Waals surface area contributed by atoms with E-state index in [-0.39, 0.29) is 12.5 Å². The van der Waals surface area contributed by atoms with Crippen LogP contribution >= 0.6 is 23.4 Å². The van der Waals surface area contributed by atoms with Gasteiger partial charge in [0.15, 0.2) is 5.04 Å². The zero-order valence-corrected chi connectivity index (χ0v) is 15.2. The van der Waals surface area contributed by atoms with E-state index in [9.17, 15) is 4.79 Å². The van der Waals surface area contributed by atoms with Crippen LogP contribution in [0.1, 0.15) is 12.0 Å². The number of aliphatic hydroxyl groups is 1. The normalized spacial score (nSPS) is 11.8. The van der Waals surface area contributed by atoms with Crippen molar-refractivity contribution in [2.24, 2.45) is 4.99 Å². The molecular formula is C16H21ClN4O2S. The molecule has 24 heavy (non-hydrogen) atoms. The number of H-pyrrole nitrogens is 1. The minimum absolute atomic E-state index is 0.0346. The summed E-state index contributed by atoms with van der Waals surface area (Å²) in [5.41, 5.74) is 2.41. The van der Waals surface area contributed by atoms with Gasteiger partial charge >= 0.3 is 0 Å². The van der Waals surface area contributed by atoms with Crippen LogP contribution in [0.4, 0.5) is 0 Å². The van der Waals surface area contributed by atoms with Crippen molar-refractivity contribution in [3.63, 3.8) is 0 Å². The Bertz CT molecular complexity index is 620. The summed E-state index contributed by atoms with van der Waals surface area (Å²) in [7, 11) is 1.67. The molecule has 1 aromatic rings. The number of rotatable bonds is 5. The van der Waals surface area contributed by atoms with Crippen molar-refractivity contribution >= 4 is 40.0 Å². The van der Waals surface area contributed by atoms with Gasteiger partial charge in [-0.1, -0.05) is 29.8 Å². The molecular weight excluding hydrogens is 348 g/mol. The molecule has 0 unspecified atom stereocenters. The van der Waals surface area contributed by atoms with Crippen molar-refractivity contribution in [2.75, 3.05) is 26.5 Å². The highest BCUT2D eigenvalue weighted by Crippen LogP contribution is 2.18. The van der Waals surface area contributed by atoms with Crippen LogP contribution in [0.15, 0.2) is 47.2 Å². The van der Waals surface area contributed by atoms with Gasteiger partial charge in [-0.05, 0) is 18.7 Å². The van der Waals surface area contributed by atoms with Crippen molar-refractivity contribution in [3.8, 4) is 0 Å². The zero-order chi connectivity index (χ0) is 17.8. The topological polar surface area (TPSA) is 81.6 Å². The summed E-state index contributed by atoms with van der Waals surface area (Å²) >= 11 is 7.15. The number of thioether (sulfide) groups is 1. The second-order valence-corrected chi connectivity index (χ2v) is 5.69. The van der Waals surface area contributed by atoms with Gasteiger partial charge in [0.2, 0.25) is 0 Å². The van der Waals surface area contributed by atoms with Gasteiger partial charge in [0.25, 0.3) is 5.91 Å².